The van der Waals surface area contributed by atoms with Crippen LogP contribution in [0, 0.1) is 11.8 Å². The number of Topliss-reactive ketones (excluding diaryl/α,β-unsaturated/α-hetero) is 1. The largest absolute Gasteiger partial charge is 0.394 e. The molecule has 0 amide bonds. The Morgan fingerprint density at radius 2 is 1.92 bits per heavy atom. The predicted molar refractivity (Wildman–Crippen MR) is 46.7 cm³/mol. The molecular formula is C9H18O3. The molecule has 12 heavy (non-hydrogen) atoms. The van der Waals surface area contributed by atoms with Crippen LogP contribution in [0.4, 0.5) is 0 Å². The maximum Gasteiger partial charge on any atom is 0.133 e. The predicted octanol–water partition coefficient (Wildman–Crippen LogP) is 0.591. The van der Waals surface area contributed by atoms with E-state index in [1.165, 1.54) is 6.92 Å². The maximum atomic E-state index is 11.0. The van der Waals surface area contributed by atoms with Crippen molar-refractivity contribution in [3.8, 4) is 0 Å². The Balaban J connectivity index is 4.05. The molecule has 0 aromatic heterocycles. The van der Waals surface area contributed by atoms with Crippen LogP contribution in [0.15, 0.2) is 0 Å². The topological polar surface area (TPSA) is 57.5 Å². The highest BCUT2D eigenvalue weighted by molar-refractivity contribution is 5.78. The van der Waals surface area contributed by atoms with Crippen LogP contribution in [-0.2, 0) is 4.79 Å². The van der Waals surface area contributed by atoms with Gasteiger partial charge in [-0.2, -0.15) is 0 Å². The Hall–Kier alpha value is -0.410. The Morgan fingerprint density at radius 1 is 1.42 bits per heavy atom. The van der Waals surface area contributed by atoms with Gasteiger partial charge in [-0.15, -0.1) is 0 Å². The molecule has 0 fully saturated rings. The van der Waals surface area contributed by atoms with Crippen molar-refractivity contribution in [2.75, 3.05) is 6.61 Å². The number of aliphatic hydroxyl groups is 2. The monoisotopic (exact) mass is 174 g/mol. The summed E-state index contributed by atoms with van der Waals surface area (Å²) in [7, 11) is 0. The Kier molecular flexibility index (Phi) is 5.09. The first-order valence-electron chi connectivity index (χ1n) is 4.28. The molecule has 0 aromatic carbocycles. The van der Waals surface area contributed by atoms with Gasteiger partial charge < -0.3 is 10.2 Å². The molecule has 2 N–H and O–H groups in total. The molecule has 3 nitrogen and oxygen atoms in total. The van der Waals surface area contributed by atoms with Crippen molar-refractivity contribution in [2.45, 2.75) is 33.3 Å². The van der Waals surface area contributed by atoms with Gasteiger partial charge in [0.05, 0.1) is 12.7 Å². The molecule has 0 rings (SSSR count). The number of rotatable bonds is 5. The van der Waals surface area contributed by atoms with E-state index >= 15 is 0 Å². The Bertz CT molecular complexity index is 143. The lowest BCUT2D eigenvalue weighted by atomic mass is 9.87. The van der Waals surface area contributed by atoms with E-state index < -0.39 is 6.10 Å². The summed E-state index contributed by atoms with van der Waals surface area (Å²) in [5.74, 6) is 0.174. The molecule has 0 aliphatic carbocycles. The zero-order chi connectivity index (χ0) is 9.72. The summed E-state index contributed by atoms with van der Waals surface area (Å²) in [5, 5.41) is 17.7. The highest BCUT2D eigenvalue weighted by Gasteiger charge is 2.21. The molecule has 0 saturated heterocycles. The number of carbonyl (C=O) groups is 1. The fourth-order valence-electron chi connectivity index (χ4n) is 1.28. The Labute approximate surface area is 73.4 Å². The van der Waals surface area contributed by atoms with Crippen molar-refractivity contribution in [1.29, 1.82) is 0 Å². The third-order valence-corrected chi connectivity index (χ3v) is 2.06. The molecule has 0 saturated carbocycles. The standard InChI is InChI=1S/C9H18O3/c1-6(2)9(7(3)11)4-8(12)5-10/h6,8-10,12H,4-5H2,1-3H3. The van der Waals surface area contributed by atoms with E-state index in [4.69, 9.17) is 10.2 Å². The van der Waals surface area contributed by atoms with Crippen LogP contribution in [0.2, 0.25) is 0 Å². The lowest BCUT2D eigenvalue weighted by Gasteiger charge is -2.19. The van der Waals surface area contributed by atoms with Crippen molar-refractivity contribution in [3.05, 3.63) is 0 Å². The van der Waals surface area contributed by atoms with Crippen molar-refractivity contribution in [3.63, 3.8) is 0 Å². The smallest absolute Gasteiger partial charge is 0.133 e. The minimum Gasteiger partial charge on any atom is -0.394 e. The van der Waals surface area contributed by atoms with Gasteiger partial charge in [-0.1, -0.05) is 13.8 Å². The summed E-state index contributed by atoms with van der Waals surface area (Å²) in [6.07, 6.45) is -0.398. The SMILES string of the molecule is CC(=O)C(CC(O)CO)C(C)C. The Morgan fingerprint density at radius 3 is 2.17 bits per heavy atom. The zero-order valence-electron chi connectivity index (χ0n) is 7.95. The number of ketones is 1. The fraction of sp³-hybridized carbons (Fsp3) is 0.889. The van der Waals surface area contributed by atoms with Gasteiger partial charge in [-0.05, 0) is 19.3 Å². The minimum atomic E-state index is -0.763. The summed E-state index contributed by atoms with van der Waals surface area (Å²) in [6.45, 7) is 5.14. The molecule has 0 aliphatic heterocycles. The molecule has 0 bridgehead atoms. The van der Waals surface area contributed by atoms with Crippen LogP contribution in [-0.4, -0.2) is 28.7 Å². The maximum absolute atomic E-state index is 11.0. The van der Waals surface area contributed by atoms with Crippen molar-refractivity contribution >= 4 is 5.78 Å². The number of aliphatic hydroxyl groups excluding tert-OH is 2. The summed E-state index contributed by atoms with van der Waals surface area (Å²) in [4.78, 5) is 11.0. The van der Waals surface area contributed by atoms with Gasteiger partial charge in [0, 0.05) is 5.92 Å². The molecule has 0 heterocycles. The first-order chi connectivity index (χ1) is 5.49. The first kappa shape index (κ1) is 11.6. The van der Waals surface area contributed by atoms with Crippen LogP contribution in [0.3, 0.4) is 0 Å². The van der Waals surface area contributed by atoms with E-state index in [0.717, 1.165) is 0 Å². The lowest BCUT2D eigenvalue weighted by Crippen LogP contribution is -2.25. The summed E-state index contributed by atoms with van der Waals surface area (Å²) in [6, 6.07) is 0. The average Bonchev–Trinajstić information content (AvgIpc) is 1.98. The van der Waals surface area contributed by atoms with Gasteiger partial charge in [-0.3, -0.25) is 4.79 Å². The van der Waals surface area contributed by atoms with Gasteiger partial charge in [0.1, 0.15) is 5.78 Å². The van der Waals surface area contributed by atoms with Crippen LogP contribution in [0.25, 0.3) is 0 Å². The second-order valence-electron chi connectivity index (χ2n) is 3.53. The van der Waals surface area contributed by atoms with Crippen LogP contribution in [0.5, 0.6) is 0 Å². The van der Waals surface area contributed by atoms with Crippen LogP contribution >= 0.6 is 0 Å². The van der Waals surface area contributed by atoms with E-state index in [1.54, 1.807) is 0 Å². The second-order valence-corrected chi connectivity index (χ2v) is 3.53. The molecular weight excluding hydrogens is 156 g/mol. The number of hydrogen-bond donors (Lipinski definition) is 2. The number of carbonyl (C=O) groups excluding carboxylic acids is 1. The van der Waals surface area contributed by atoms with E-state index in [9.17, 15) is 4.79 Å². The van der Waals surface area contributed by atoms with E-state index in [1.807, 2.05) is 13.8 Å². The highest BCUT2D eigenvalue weighted by atomic mass is 16.3. The molecule has 3 heteroatoms. The van der Waals surface area contributed by atoms with Crippen molar-refractivity contribution in [2.24, 2.45) is 11.8 Å². The zero-order valence-corrected chi connectivity index (χ0v) is 7.95. The van der Waals surface area contributed by atoms with Crippen LogP contribution < -0.4 is 0 Å². The van der Waals surface area contributed by atoms with Crippen LogP contribution in [0.1, 0.15) is 27.2 Å². The fourth-order valence-corrected chi connectivity index (χ4v) is 1.28. The quantitative estimate of drug-likeness (QED) is 0.641. The average molecular weight is 174 g/mol. The first-order valence-corrected chi connectivity index (χ1v) is 4.28. The van der Waals surface area contributed by atoms with Gasteiger partial charge in [0.25, 0.3) is 0 Å². The van der Waals surface area contributed by atoms with E-state index in [2.05, 4.69) is 0 Å². The highest BCUT2D eigenvalue weighted by Crippen LogP contribution is 2.17. The molecule has 0 spiro atoms. The van der Waals surface area contributed by atoms with E-state index in [-0.39, 0.29) is 24.2 Å². The van der Waals surface area contributed by atoms with Crippen molar-refractivity contribution in [1.82, 2.24) is 0 Å². The lowest BCUT2D eigenvalue weighted by molar-refractivity contribution is -0.123. The molecule has 0 aliphatic rings. The number of hydrogen-bond acceptors (Lipinski definition) is 3. The molecule has 2 atom stereocenters. The summed E-state index contributed by atoms with van der Waals surface area (Å²) < 4.78 is 0. The van der Waals surface area contributed by atoms with Gasteiger partial charge in [0.2, 0.25) is 0 Å². The van der Waals surface area contributed by atoms with Crippen molar-refractivity contribution < 1.29 is 15.0 Å². The molecule has 0 radical (unpaired) electrons. The van der Waals surface area contributed by atoms with Gasteiger partial charge in [0.15, 0.2) is 0 Å². The molecule has 2 unspecified atom stereocenters. The molecule has 72 valence electrons. The normalized spacial score (nSPS) is 16.2. The third-order valence-electron chi connectivity index (χ3n) is 2.06. The summed E-state index contributed by atoms with van der Waals surface area (Å²) >= 11 is 0. The minimum absolute atomic E-state index is 0.0810. The van der Waals surface area contributed by atoms with Gasteiger partial charge in [-0.25, -0.2) is 0 Å². The second kappa shape index (κ2) is 5.27. The molecule has 0 aromatic rings. The van der Waals surface area contributed by atoms with Gasteiger partial charge >= 0.3 is 0 Å². The summed E-state index contributed by atoms with van der Waals surface area (Å²) in [5.41, 5.74) is 0. The third kappa shape index (κ3) is 3.83. The van der Waals surface area contributed by atoms with E-state index in [0.29, 0.717) is 6.42 Å².